The van der Waals surface area contributed by atoms with Gasteiger partial charge in [-0.2, -0.15) is 8.78 Å². The van der Waals surface area contributed by atoms with Crippen LogP contribution in [0.5, 0.6) is 17.2 Å². The van der Waals surface area contributed by atoms with Crippen molar-refractivity contribution in [1.82, 2.24) is 4.90 Å². The smallest absolute Gasteiger partial charge is 0.387 e. The third-order valence-electron chi connectivity index (χ3n) is 4.59. The van der Waals surface area contributed by atoms with Gasteiger partial charge in [-0.3, -0.25) is 4.79 Å². The number of halogens is 3. The molecule has 0 aromatic heterocycles. The van der Waals surface area contributed by atoms with Crippen LogP contribution in [0, 0.1) is 6.92 Å². The molecular formula is C21H22ClF2NO4. The molecule has 0 radical (unpaired) electrons. The van der Waals surface area contributed by atoms with E-state index in [4.69, 9.17) is 21.1 Å². The van der Waals surface area contributed by atoms with Crippen LogP contribution >= 0.6 is 11.6 Å². The Morgan fingerprint density at radius 2 is 1.90 bits per heavy atom. The molecule has 156 valence electrons. The number of alkyl halides is 2. The molecule has 8 heteroatoms. The van der Waals surface area contributed by atoms with Gasteiger partial charge in [-0.25, -0.2) is 0 Å². The minimum absolute atomic E-state index is 0.0444. The maximum atomic E-state index is 12.8. The Kier molecular flexibility index (Phi) is 6.79. The van der Waals surface area contributed by atoms with Crippen LogP contribution in [0.15, 0.2) is 36.4 Å². The van der Waals surface area contributed by atoms with Crippen molar-refractivity contribution in [2.75, 3.05) is 13.7 Å². The van der Waals surface area contributed by atoms with E-state index < -0.39 is 6.61 Å². The van der Waals surface area contributed by atoms with Crippen LogP contribution in [-0.2, 0) is 11.3 Å². The summed E-state index contributed by atoms with van der Waals surface area (Å²) < 4.78 is 40.2. The third-order valence-corrected chi connectivity index (χ3v) is 4.83. The van der Waals surface area contributed by atoms with Crippen molar-refractivity contribution in [1.29, 1.82) is 0 Å². The molecular weight excluding hydrogens is 404 g/mol. The average Bonchev–Trinajstić information content (AvgIpc) is 3.50. The van der Waals surface area contributed by atoms with E-state index in [1.807, 2.05) is 6.92 Å². The van der Waals surface area contributed by atoms with E-state index in [0.29, 0.717) is 17.3 Å². The fraction of sp³-hybridized carbons (Fsp3) is 0.381. The van der Waals surface area contributed by atoms with Crippen molar-refractivity contribution in [2.24, 2.45) is 0 Å². The summed E-state index contributed by atoms with van der Waals surface area (Å²) in [5.41, 5.74) is 1.61. The Bertz CT molecular complexity index is 874. The zero-order valence-electron chi connectivity index (χ0n) is 16.2. The summed E-state index contributed by atoms with van der Waals surface area (Å²) in [6.45, 7) is -0.840. The molecule has 0 bridgehead atoms. The zero-order chi connectivity index (χ0) is 21.0. The molecule has 1 amide bonds. The van der Waals surface area contributed by atoms with Gasteiger partial charge in [-0.1, -0.05) is 17.7 Å². The van der Waals surface area contributed by atoms with Gasteiger partial charge in [0.25, 0.3) is 5.91 Å². The molecule has 0 aliphatic heterocycles. The lowest BCUT2D eigenvalue weighted by molar-refractivity contribution is -0.134. The maximum absolute atomic E-state index is 12.8. The quantitative estimate of drug-likeness (QED) is 0.577. The number of rotatable bonds is 9. The number of amides is 1. The topological polar surface area (TPSA) is 48.0 Å². The first-order valence-electron chi connectivity index (χ1n) is 9.17. The predicted molar refractivity (Wildman–Crippen MR) is 105 cm³/mol. The van der Waals surface area contributed by atoms with Crippen LogP contribution in [0.25, 0.3) is 0 Å². The Morgan fingerprint density at radius 1 is 1.17 bits per heavy atom. The van der Waals surface area contributed by atoms with Gasteiger partial charge in [0.1, 0.15) is 5.75 Å². The average molecular weight is 426 g/mol. The summed E-state index contributed by atoms with van der Waals surface area (Å²) in [6, 6.07) is 10.0. The highest BCUT2D eigenvalue weighted by Crippen LogP contribution is 2.33. The molecule has 1 saturated carbocycles. The van der Waals surface area contributed by atoms with Crippen LogP contribution in [-0.4, -0.2) is 37.2 Å². The van der Waals surface area contributed by atoms with Crippen LogP contribution in [0.2, 0.25) is 5.02 Å². The van der Waals surface area contributed by atoms with Crippen LogP contribution in [0.1, 0.15) is 24.0 Å². The summed E-state index contributed by atoms with van der Waals surface area (Å²) in [5.74, 6) is 0.610. The molecule has 1 fully saturated rings. The van der Waals surface area contributed by atoms with Crippen LogP contribution in [0.3, 0.4) is 0 Å². The summed E-state index contributed by atoms with van der Waals surface area (Å²) >= 11 is 5.94. The lowest BCUT2D eigenvalue weighted by atomic mass is 10.2. The number of carbonyl (C=O) groups is 1. The first kappa shape index (κ1) is 21.2. The van der Waals surface area contributed by atoms with E-state index in [1.165, 1.54) is 13.2 Å². The molecule has 0 atom stereocenters. The number of benzene rings is 2. The van der Waals surface area contributed by atoms with Gasteiger partial charge < -0.3 is 19.1 Å². The minimum atomic E-state index is -2.94. The van der Waals surface area contributed by atoms with E-state index in [1.54, 1.807) is 35.2 Å². The first-order valence-corrected chi connectivity index (χ1v) is 9.55. The van der Waals surface area contributed by atoms with E-state index in [2.05, 4.69) is 4.74 Å². The van der Waals surface area contributed by atoms with Gasteiger partial charge in [0.2, 0.25) is 0 Å². The number of hydrogen-bond donors (Lipinski definition) is 0. The summed E-state index contributed by atoms with van der Waals surface area (Å²) in [6.07, 6.45) is 1.85. The number of methoxy groups -OCH3 is 1. The second-order valence-corrected chi connectivity index (χ2v) is 7.25. The first-order chi connectivity index (χ1) is 13.9. The molecule has 1 aliphatic carbocycles. The van der Waals surface area contributed by atoms with Gasteiger partial charge in [-0.15, -0.1) is 0 Å². The normalized spacial score (nSPS) is 13.3. The molecule has 0 N–H and O–H groups in total. The predicted octanol–water partition coefficient (Wildman–Crippen LogP) is 4.83. The van der Waals surface area contributed by atoms with E-state index in [0.717, 1.165) is 24.0 Å². The highest BCUT2D eigenvalue weighted by atomic mass is 35.5. The van der Waals surface area contributed by atoms with E-state index in [-0.39, 0.29) is 30.1 Å². The van der Waals surface area contributed by atoms with Gasteiger partial charge in [-0.05, 0) is 61.2 Å². The fourth-order valence-electron chi connectivity index (χ4n) is 3.00. The van der Waals surface area contributed by atoms with Crippen molar-refractivity contribution in [3.8, 4) is 17.2 Å². The highest BCUT2D eigenvalue weighted by Gasteiger charge is 2.33. The number of aryl methyl sites for hydroxylation is 1. The third kappa shape index (κ3) is 5.73. The zero-order valence-corrected chi connectivity index (χ0v) is 16.9. The lowest BCUT2D eigenvalue weighted by Crippen LogP contribution is -2.36. The molecule has 0 unspecified atom stereocenters. The van der Waals surface area contributed by atoms with Crippen LogP contribution < -0.4 is 14.2 Å². The monoisotopic (exact) mass is 425 g/mol. The van der Waals surface area contributed by atoms with Crippen molar-refractivity contribution >= 4 is 17.5 Å². The minimum Gasteiger partial charge on any atom is -0.493 e. The summed E-state index contributed by atoms with van der Waals surface area (Å²) in [7, 11) is 1.38. The fourth-order valence-corrected chi connectivity index (χ4v) is 3.23. The second kappa shape index (κ2) is 9.31. The summed E-state index contributed by atoms with van der Waals surface area (Å²) in [4.78, 5) is 14.5. The van der Waals surface area contributed by atoms with Crippen molar-refractivity contribution in [2.45, 2.75) is 39.0 Å². The Balaban J connectivity index is 1.67. The standard InChI is InChI=1S/C21H22ClF2NO4/c1-13-9-15(22)4-8-17(13)28-12-20(26)25(16-5-6-16)11-14-3-7-18(29-21(23)24)19(10-14)27-2/h3-4,7-10,16,21H,5-6,11-12H2,1-2H3. The molecule has 3 rings (SSSR count). The Hall–Kier alpha value is -2.54. The molecule has 2 aromatic carbocycles. The maximum Gasteiger partial charge on any atom is 0.387 e. The van der Waals surface area contributed by atoms with Crippen molar-refractivity contribution in [3.63, 3.8) is 0 Å². The molecule has 0 spiro atoms. The van der Waals surface area contributed by atoms with Crippen molar-refractivity contribution in [3.05, 3.63) is 52.5 Å². The SMILES string of the molecule is COc1cc(CN(C(=O)COc2ccc(Cl)cc2C)C2CC2)ccc1OC(F)F. The number of nitrogens with zero attached hydrogens (tertiary/aromatic N) is 1. The van der Waals surface area contributed by atoms with Crippen molar-refractivity contribution < 1.29 is 27.8 Å². The molecule has 29 heavy (non-hydrogen) atoms. The largest absolute Gasteiger partial charge is 0.493 e. The lowest BCUT2D eigenvalue weighted by Gasteiger charge is -2.23. The van der Waals surface area contributed by atoms with E-state index >= 15 is 0 Å². The van der Waals surface area contributed by atoms with Gasteiger partial charge in [0.05, 0.1) is 7.11 Å². The van der Waals surface area contributed by atoms with E-state index in [9.17, 15) is 13.6 Å². The Morgan fingerprint density at radius 3 is 2.52 bits per heavy atom. The molecule has 0 heterocycles. The van der Waals surface area contributed by atoms with Crippen LogP contribution in [0.4, 0.5) is 8.78 Å². The number of ether oxygens (including phenoxy) is 3. The van der Waals surface area contributed by atoms with Gasteiger partial charge in [0.15, 0.2) is 18.1 Å². The molecule has 0 saturated heterocycles. The highest BCUT2D eigenvalue weighted by molar-refractivity contribution is 6.30. The Labute approximate surface area is 173 Å². The van der Waals surface area contributed by atoms with Gasteiger partial charge in [0, 0.05) is 17.6 Å². The van der Waals surface area contributed by atoms with Gasteiger partial charge >= 0.3 is 6.61 Å². The number of carbonyl (C=O) groups excluding carboxylic acids is 1. The molecule has 1 aliphatic rings. The summed E-state index contributed by atoms with van der Waals surface area (Å²) in [5, 5.41) is 0.606. The second-order valence-electron chi connectivity index (χ2n) is 6.82. The number of hydrogen-bond acceptors (Lipinski definition) is 4. The molecule has 5 nitrogen and oxygen atoms in total. The molecule has 2 aromatic rings.